The molecule has 1 saturated carbocycles. The van der Waals surface area contributed by atoms with E-state index in [0.717, 1.165) is 24.8 Å². The summed E-state index contributed by atoms with van der Waals surface area (Å²) in [5.41, 5.74) is 0.157. The third-order valence-electron chi connectivity index (χ3n) is 4.13. The molecule has 0 saturated heterocycles. The maximum absolute atomic E-state index is 12.7. The van der Waals surface area contributed by atoms with Gasteiger partial charge >= 0.3 is 6.03 Å². The molecule has 1 aromatic rings. The zero-order valence-electron chi connectivity index (χ0n) is 14.3. The van der Waals surface area contributed by atoms with Crippen molar-refractivity contribution in [2.75, 3.05) is 12.8 Å². The van der Waals surface area contributed by atoms with Gasteiger partial charge in [-0.3, -0.25) is 0 Å². The SMILES string of the molecule is CS[C@H]1CC[C@H](NC(=O)N(Cc2ccccc2)CC(C)(C)O)C1. The summed E-state index contributed by atoms with van der Waals surface area (Å²) in [6.07, 6.45) is 5.37. The van der Waals surface area contributed by atoms with Gasteiger partial charge in [0.15, 0.2) is 0 Å². The molecular weight excluding hydrogens is 308 g/mol. The van der Waals surface area contributed by atoms with Crippen LogP contribution in [0.1, 0.15) is 38.7 Å². The van der Waals surface area contributed by atoms with Crippen LogP contribution in [0.25, 0.3) is 0 Å². The molecule has 0 unspecified atom stereocenters. The normalized spacial score (nSPS) is 21.2. The summed E-state index contributed by atoms with van der Waals surface area (Å²) in [6.45, 7) is 4.29. The molecule has 23 heavy (non-hydrogen) atoms. The number of urea groups is 1. The quantitative estimate of drug-likeness (QED) is 0.838. The molecule has 4 nitrogen and oxygen atoms in total. The van der Waals surface area contributed by atoms with Gasteiger partial charge in [0.2, 0.25) is 0 Å². The molecule has 0 aromatic heterocycles. The predicted molar refractivity (Wildman–Crippen MR) is 96.6 cm³/mol. The average molecular weight is 337 g/mol. The fourth-order valence-corrected chi connectivity index (χ4v) is 3.82. The van der Waals surface area contributed by atoms with Gasteiger partial charge in [0.25, 0.3) is 0 Å². The molecule has 1 aliphatic rings. The van der Waals surface area contributed by atoms with Crippen molar-refractivity contribution in [1.29, 1.82) is 0 Å². The lowest BCUT2D eigenvalue weighted by Gasteiger charge is -2.30. The number of carbonyl (C=O) groups excluding carboxylic acids is 1. The van der Waals surface area contributed by atoms with Crippen LogP contribution in [-0.4, -0.2) is 45.7 Å². The monoisotopic (exact) mass is 336 g/mol. The summed E-state index contributed by atoms with van der Waals surface area (Å²) < 4.78 is 0. The van der Waals surface area contributed by atoms with Crippen LogP contribution in [0.2, 0.25) is 0 Å². The van der Waals surface area contributed by atoms with E-state index in [0.29, 0.717) is 18.3 Å². The van der Waals surface area contributed by atoms with Gasteiger partial charge in [-0.15, -0.1) is 0 Å². The number of benzene rings is 1. The van der Waals surface area contributed by atoms with Gasteiger partial charge in [-0.25, -0.2) is 4.79 Å². The Bertz CT molecular complexity index is 501. The highest BCUT2D eigenvalue weighted by Crippen LogP contribution is 2.28. The number of hydrogen-bond acceptors (Lipinski definition) is 3. The van der Waals surface area contributed by atoms with E-state index in [1.807, 2.05) is 42.1 Å². The number of nitrogens with zero attached hydrogens (tertiary/aromatic N) is 1. The number of rotatable bonds is 6. The Morgan fingerprint density at radius 1 is 1.35 bits per heavy atom. The number of aliphatic hydroxyl groups is 1. The largest absolute Gasteiger partial charge is 0.389 e. The Balaban J connectivity index is 1.99. The van der Waals surface area contributed by atoms with Crippen LogP contribution < -0.4 is 5.32 Å². The van der Waals surface area contributed by atoms with E-state index in [2.05, 4.69) is 11.6 Å². The molecule has 0 bridgehead atoms. The Morgan fingerprint density at radius 3 is 2.61 bits per heavy atom. The molecular formula is C18H28N2O2S. The van der Waals surface area contributed by atoms with Crippen molar-refractivity contribution < 1.29 is 9.90 Å². The lowest BCUT2D eigenvalue weighted by atomic mass is 10.1. The molecule has 2 N–H and O–H groups in total. The molecule has 1 fully saturated rings. The van der Waals surface area contributed by atoms with E-state index in [-0.39, 0.29) is 12.1 Å². The molecule has 1 aliphatic carbocycles. The van der Waals surface area contributed by atoms with Crippen molar-refractivity contribution in [3.63, 3.8) is 0 Å². The van der Waals surface area contributed by atoms with Crippen LogP contribution in [0.5, 0.6) is 0 Å². The fraction of sp³-hybridized carbons (Fsp3) is 0.611. The molecule has 5 heteroatoms. The summed E-state index contributed by atoms with van der Waals surface area (Å²) in [5.74, 6) is 0. The fourth-order valence-electron chi connectivity index (χ4n) is 3.02. The highest BCUT2D eigenvalue weighted by molar-refractivity contribution is 7.99. The number of carbonyl (C=O) groups is 1. The van der Waals surface area contributed by atoms with Crippen LogP contribution in [0.4, 0.5) is 4.79 Å². The van der Waals surface area contributed by atoms with Crippen LogP contribution >= 0.6 is 11.8 Å². The van der Waals surface area contributed by atoms with Crippen LogP contribution in [-0.2, 0) is 6.54 Å². The summed E-state index contributed by atoms with van der Waals surface area (Å²) in [7, 11) is 0. The van der Waals surface area contributed by atoms with E-state index < -0.39 is 5.60 Å². The van der Waals surface area contributed by atoms with Crippen molar-refractivity contribution >= 4 is 17.8 Å². The Kier molecular flexibility index (Phi) is 6.36. The second-order valence-electron chi connectivity index (χ2n) is 6.97. The van der Waals surface area contributed by atoms with Crippen LogP contribution in [0.3, 0.4) is 0 Å². The highest BCUT2D eigenvalue weighted by Gasteiger charge is 2.28. The second-order valence-corrected chi connectivity index (χ2v) is 8.11. The maximum atomic E-state index is 12.7. The zero-order valence-corrected chi connectivity index (χ0v) is 15.1. The number of hydrogen-bond donors (Lipinski definition) is 2. The van der Waals surface area contributed by atoms with Crippen molar-refractivity contribution in [2.24, 2.45) is 0 Å². The zero-order chi connectivity index (χ0) is 16.9. The molecule has 2 rings (SSSR count). The Labute approximate surface area is 143 Å². The van der Waals surface area contributed by atoms with E-state index in [9.17, 15) is 9.90 Å². The first kappa shape index (κ1) is 18.1. The molecule has 0 spiro atoms. The highest BCUT2D eigenvalue weighted by atomic mass is 32.2. The summed E-state index contributed by atoms with van der Waals surface area (Å²) >= 11 is 1.88. The Hall–Kier alpha value is -1.20. The maximum Gasteiger partial charge on any atom is 0.318 e. The van der Waals surface area contributed by atoms with E-state index >= 15 is 0 Å². The molecule has 2 amide bonds. The van der Waals surface area contributed by atoms with Crippen LogP contribution in [0, 0.1) is 0 Å². The minimum Gasteiger partial charge on any atom is -0.389 e. The summed E-state index contributed by atoms with van der Waals surface area (Å²) in [5, 5.41) is 13.9. The lowest BCUT2D eigenvalue weighted by molar-refractivity contribution is 0.0442. The van der Waals surface area contributed by atoms with Gasteiger partial charge in [-0.2, -0.15) is 11.8 Å². The van der Waals surface area contributed by atoms with Gasteiger partial charge in [-0.05, 0) is 44.9 Å². The van der Waals surface area contributed by atoms with Gasteiger partial charge in [-0.1, -0.05) is 30.3 Å². The van der Waals surface area contributed by atoms with Gasteiger partial charge in [0.1, 0.15) is 0 Å². The van der Waals surface area contributed by atoms with Crippen LogP contribution in [0.15, 0.2) is 30.3 Å². The third kappa shape index (κ3) is 6.07. The minimum atomic E-state index is -0.913. The Morgan fingerprint density at radius 2 is 2.04 bits per heavy atom. The molecule has 0 heterocycles. The van der Waals surface area contributed by atoms with E-state index in [4.69, 9.17) is 0 Å². The minimum absolute atomic E-state index is 0.0808. The first-order chi connectivity index (χ1) is 10.9. The first-order valence-corrected chi connectivity index (χ1v) is 9.51. The lowest BCUT2D eigenvalue weighted by Crippen LogP contribution is -2.48. The van der Waals surface area contributed by atoms with Gasteiger partial charge in [0.05, 0.1) is 12.1 Å². The second kappa shape index (κ2) is 8.06. The first-order valence-electron chi connectivity index (χ1n) is 8.22. The number of amides is 2. The van der Waals surface area contributed by atoms with E-state index in [1.54, 1.807) is 18.7 Å². The van der Waals surface area contributed by atoms with E-state index in [1.165, 1.54) is 0 Å². The number of nitrogens with one attached hydrogen (secondary N) is 1. The molecule has 0 radical (unpaired) electrons. The van der Waals surface area contributed by atoms with Gasteiger partial charge < -0.3 is 15.3 Å². The van der Waals surface area contributed by atoms with Gasteiger partial charge in [0, 0.05) is 17.8 Å². The predicted octanol–water partition coefficient (Wildman–Crippen LogP) is 3.25. The smallest absolute Gasteiger partial charge is 0.318 e. The molecule has 128 valence electrons. The summed E-state index contributed by atoms with van der Waals surface area (Å²) in [6, 6.07) is 10.1. The van der Waals surface area contributed by atoms with Crippen molar-refractivity contribution in [2.45, 2.75) is 56.5 Å². The van der Waals surface area contributed by atoms with Crippen molar-refractivity contribution in [3.05, 3.63) is 35.9 Å². The molecule has 1 aromatic carbocycles. The molecule has 2 atom stereocenters. The standard InChI is InChI=1S/C18H28N2O2S/c1-18(2,22)13-20(12-14-7-5-4-6-8-14)17(21)19-15-9-10-16(11-15)23-3/h4-8,15-16,22H,9-13H2,1-3H3,(H,19,21)/t15-,16-/m0/s1. The van der Waals surface area contributed by atoms with Crippen molar-refractivity contribution in [3.8, 4) is 0 Å². The summed E-state index contributed by atoms with van der Waals surface area (Å²) in [4.78, 5) is 14.4. The topological polar surface area (TPSA) is 52.6 Å². The third-order valence-corrected chi connectivity index (χ3v) is 5.22. The number of thioether (sulfide) groups is 1. The average Bonchev–Trinajstić information content (AvgIpc) is 2.94. The molecule has 0 aliphatic heterocycles. The van der Waals surface area contributed by atoms with Crippen molar-refractivity contribution in [1.82, 2.24) is 10.2 Å².